The van der Waals surface area contributed by atoms with Crippen molar-refractivity contribution in [1.29, 1.82) is 0 Å². The van der Waals surface area contributed by atoms with Gasteiger partial charge in [0.1, 0.15) is 11.6 Å². The number of aliphatic carboxylic acids is 1. The summed E-state index contributed by atoms with van der Waals surface area (Å²) in [4.78, 5) is 15.9. The number of carbonyl (C=O) groups is 1. The molecule has 2 aromatic carbocycles. The minimum absolute atomic E-state index is 0.00255. The molecule has 30 heavy (non-hydrogen) atoms. The van der Waals surface area contributed by atoms with Gasteiger partial charge in [0.15, 0.2) is 0 Å². The lowest BCUT2D eigenvalue weighted by molar-refractivity contribution is -0.137. The smallest absolute Gasteiger partial charge is 0.303 e. The Morgan fingerprint density at radius 2 is 1.97 bits per heavy atom. The second-order valence-corrected chi connectivity index (χ2v) is 7.67. The summed E-state index contributed by atoms with van der Waals surface area (Å²) < 4.78 is 6.02. The van der Waals surface area contributed by atoms with Gasteiger partial charge >= 0.3 is 5.97 Å². The number of rotatable bonds is 7. The number of benzene rings is 2. The molecule has 1 aromatic heterocycles. The Bertz CT molecular complexity index is 1050. The van der Waals surface area contributed by atoms with Crippen molar-refractivity contribution in [2.24, 2.45) is 0 Å². The highest BCUT2D eigenvalue weighted by Crippen LogP contribution is 2.35. The van der Waals surface area contributed by atoms with E-state index in [1.54, 1.807) is 0 Å². The Morgan fingerprint density at radius 1 is 1.10 bits per heavy atom. The predicted octanol–water partition coefficient (Wildman–Crippen LogP) is 4.45. The van der Waals surface area contributed by atoms with E-state index in [9.17, 15) is 9.90 Å². The fraction of sp³-hybridized carbons (Fsp3) is 0.280. The van der Waals surface area contributed by atoms with Gasteiger partial charge < -0.3 is 15.2 Å². The molecule has 0 amide bonds. The van der Waals surface area contributed by atoms with Crippen molar-refractivity contribution in [3.05, 3.63) is 88.6 Å². The van der Waals surface area contributed by atoms with E-state index >= 15 is 0 Å². The SMILES string of the molecule is CNc1cccc(CCOc2ccc3c(c2)Cc2ccccc2[C@H](CC(=O)O)C3)n1. The molecule has 0 bridgehead atoms. The number of hydrogen-bond donors (Lipinski definition) is 2. The van der Waals surface area contributed by atoms with Gasteiger partial charge in [0, 0.05) is 19.2 Å². The maximum Gasteiger partial charge on any atom is 0.303 e. The average molecular weight is 402 g/mol. The van der Waals surface area contributed by atoms with Crippen LogP contribution in [-0.4, -0.2) is 29.7 Å². The number of nitrogens with zero attached hydrogens (tertiary/aromatic N) is 1. The zero-order chi connectivity index (χ0) is 20.9. The summed E-state index contributed by atoms with van der Waals surface area (Å²) in [5.74, 6) is 0.936. The van der Waals surface area contributed by atoms with E-state index in [4.69, 9.17) is 4.74 Å². The second-order valence-electron chi connectivity index (χ2n) is 7.67. The topological polar surface area (TPSA) is 71.5 Å². The quantitative estimate of drug-likeness (QED) is 0.611. The molecule has 154 valence electrons. The lowest BCUT2D eigenvalue weighted by Gasteiger charge is -2.16. The van der Waals surface area contributed by atoms with Crippen LogP contribution in [0.15, 0.2) is 60.7 Å². The van der Waals surface area contributed by atoms with E-state index in [1.807, 2.05) is 43.4 Å². The molecular weight excluding hydrogens is 376 g/mol. The Kier molecular flexibility index (Phi) is 5.98. The first-order chi connectivity index (χ1) is 14.6. The van der Waals surface area contributed by atoms with Gasteiger partial charge in [-0.2, -0.15) is 0 Å². The molecule has 1 aliphatic carbocycles. The summed E-state index contributed by atoms with van der Waals surface area (Å²) in [5.41, 5.74) is 5.75. The number of nitrogens with one attached hydrogen (secondary N) is 1. The van der Waals surface area contributed by atoms with E-state index in [-0.39, 0.29) is 12.3 Å². The fourth-order valence-electron chi connectivity index (χ4n) is 4.15. The van der Waals surface area contributed by atoms with Crippen LogP contribution >= 0.6 is 0 Å². The first-order valence-corrected chi connectivity index (χ1v) is 10.3. The largest absolute Gasteiger partial charge is 0.493 e. The molecule has 1 heterocycles. The molecule has 0 unspecified atom stereocenters. The van der Waals surface area contributed by atoms with Crippen LogP contribution in [0.5, 0.6) is 5.75 Å². The molecule has 4 rings (SSSR count). The molecule has 0 radical (unpaired) electrons. The van der Waals surface area contributed by atoms with Crippen LogP contribution in [0.2, 0.25) is 0 Å². The van der Waals surface area contributed by atoms with E-state index in [0.29, 0.717) is 6.61 Å². The Morgan fingerprint density at radius 3 is 2.80 bits per heavy atom. The van der Waals surface area contributed by atoms with E-state index in [1.165, 1.54) is 16.7 Å². The minimum atomic E-state index is -0.755. The second kappa shape index (κ2) is 8.99. The number of hydrogen-bond acceptors (Lipinski definition) is 4. The van der Waals surface area contributed by atoms with Crippen LogP contribution in [0.4, 0.5) is 5.82 Å². The summed E-state index contributed by atoms with van der Waals surface area (Å²) >= 11 is 0. The summed E-state index contributed by atoms with van der Waals surface area (Å²) in [6.45, 7) is 0.553. The summed E-state index contributed by atoms with van der Waals surface area (Å²) in [6.07, 6.45) is 2.41. The zero-order valence-corrected chi connectivity index (χ0v) is 17.1. The van der Waals surface area contributed by atoms with E-state index < -0.39 is 5.97 Å². The third-order valence-electron chi connectivity index (χ3n) is 5.63. The molecule has 5 nitrogen and oxygen atoms in total. The molecule has 0 aliphatic heterocycles. The third-order valence-corrected chi connectivity index (χ3v) is 5.63. The number of pyridine rings is 1. The minimum Gasteiger partial charge on any atom is -0.493 e. The van der Waals surface area contributed by atoms with Crippen molar-refractivity contribution in [1.82, 2.24) is 4.98 Å². The highest BCUT2D eigenvalue weighted by atomic mass is 16.5. The molecule has 5 heteroatoms. The van der Waals surface area contributed by atoms with E-state index in [2.05, 4.69) is 34.6 Å². The van der Waals surface area contributed by atoms with E-state index in [0.717, 1.165) is 42.1 Å². The van der Waals surface area contributed by atoms with Crippen molar-refractivity contribution in [3.63, 3.8) is 0 Å². The highest BCUT2D eigenvalue weighted by Gasteiger charge is 2.24. The number of ether oxygens (including phenoxy) is 1. The van der Waals surface area contributed by atoms with Gasteiger partial charge in [0.2, 0.25) is 0 Å². The van der Waals surface area contributed by atoms with Crippen LogP contribution in [0.25, 0.3) is 0 Å². The fourth-order valence-corrected chi connectivity index (χ4v) is 4.15. The number of carboxylic acid groups (broad SMARTS) is 1. The molecule has 1 aliphatic rings. The van der Waals surface area contributed by atoms with Crippen LogP contribution in [0.1, 0.15) is 40.3 Å². The number of fused-ring (bicyclic) bond motifs is 2. The number of aromatic nitrogens is 1. The van der Waals surface area contributed by atoms with Gasteiger partial charge in [-0.1, -0.05) is 36.4 Å². The summed E-state index contributed by atoms with van der Waals surface area (Å²) in [6, 6.07) is 20.3. The normalized spacial score (nSPS) is 14.9. The Labute approximate surface area is 176 Å². The van der Waals surface area contributed by atoms with Gasteiger partial charge in [0.25, 0.3) is 0 Å². The first-order valence-electron chi connectivity index (χ1n) is 10.3. The summed E-state index contributed by atoms with van der Waals surface area (Å²) in [7, 11) is 1.86. The Hall–Kier alpha value is -3.34. The third kappa shape index (κ3) is 4.62. The Balaban J connectivity index is 1.49. The summed E-state index contributed by atoms with van der Waals surface area (Å²) in [5, 5.41) is 12.4. The standard InChI is InChI=1S/C25H26N2O3/c1-26-24-8-4-6-21(27-24)11-12-30-22-10-9-17-13-20(16-25(28)29)23-7-3-2-5-18(23)14-19(17)15-22/h2-10,15,20H,11-14,16H2,1H3,(H,26,27)(H,28,29)/t20-/m0/s1. The van der Waals surface area contributed by atoms with Crippen molar-refractivity contribution in [2.45, 2.75) is 31.6 Å². The maximum absolute atomic E-state index is 11.4. The van der Waals surface area contributed by atoms with Gasteiger partial charge in [0.05, 0.1) is 13.0 Å². The van der Waals surface area contributed by atoms with Crippen molar-refractivity contribution in [2.75, 3.05) is 19.0 Å². The van der Waals surface area contributed by atoms with Gasteiger partial charge in [-0.3, -0.25) is 4.79 Å². The highest BCUT2D eigenvalue weighted by molar-refractivity contribution is 5.68. The van der Waals surface area contributed by atoms with Crippen LogP contribution in [0, 0.1) is 0 Å². The molecule has 0 spiro atoms. The molecule has 0 saturated heterocycles. The van der Waals surface area contributed by atoms with Gasteiger partial charge in [-0.05, 0) is 65.3 Å². The van der Waals surface area contributed by atoms with Gasteiger partial charge in [-0.15, -0.1) is 0 Å². The average Bonchev–Trinajstić information content (AvgIpc) is 2.90. The molecular formula is C25H26N2O3. The lowest BCUT2D eigenvalue weighted by atomic mass is 9.89. The first kappa shape index (κ1) is 20.0. The maximum atomic E-state index is 11.4. The van der Waals surface area contributed by atoms with Crippen molar-refractivity contribution in [3.8, 4) is 5.75 Å². The monoisotopic (exact) mass is 402 g/mol. The van der Waals surface area contributed by atoms with Crippen LogP contribution in [0.3, 0.4) is 0 Å². The van der Waals surface area contributed by atoms with Crippen LogP contribution in [-0.2, 0) is 24.1 Å². The molecule has 1 atom stereocenters. The van der Waals surface area contributed by atoms with Crippen LogP contribution < -0.4 is 10.1 Å². The van der Waals surface area contributed by atoms with Crippen molar-refractivity contribution < 1.29 is 14.6 Å². The number of carboxylic acids is 1. The van der Waals surface area contributed by atoms with Crippen molar-refractivity contribution >= 4 is 11.8 Å². The zero-order valence-electron chi connectivity index (χ0n) is 17.1. The van der Waals surface area contributed by atoms with Gasteiger partial charge in [-0.25, -0.2) is 4.98 Å². The number of anilines is 1. The molecule has 3 aromatic rings. The molecule has 0 fully saturated rings. The lowest BCUT2D eigenvalue weighted by Crippen LogP contribution is -2.09. The molecule has 0 saturated carbocycles. The molecule has 2 N–H and O–H groups in total. The predicted molar refractivity (Wildman–Crippen MR) is 117 cm³/mol.